The molecule has 1 aromatic rings. The third kappa shape index (κ3) is 3.97. The van der Waals surface area contributed by atoms with Crippen LogP contribution < -0.4 is 10.5 Å². The second kappa shape index (κ2) is 6.93. The van der Waals surface area contributed by atoms with Crippen molar-refractivity contribution in [3.05, 3.63) is 23.5 Å². The summed E-state index contributed by atoms with van der Waals surface area (Å²) in [5, 5.41) is 8.25. The summed E-state index contributed by atoms with van der Waals surface area (Å²) in [6.45, 7) is 6.42. The second-order valence-electron chi connectivity index (χ2n) is 5.83. The SMILES string of the molecule is CCN1CCCCC1CNc1cc(C)cc(F)c1S(N)(=O)=O. The molecular weight excluding hydrogens is 305 g/mol. The third-order valence-corrected chi connectivity index (χ3v) is 5.14. The fourth-order valence-electron chi connectivity index (χ4n) is 3.08. The summed E-state index contributed by atoms with van der Waals surface area (Å²) in [4.78, 5) is 1.91. The Kier molecular flexibility index (Phi) is 5.41. The smallest absolute Gasteiger partial charge is 0.243 e. The van der Waals surface area contributed by atoms with E-state index >= 15 is 0 Å². The maximum absolute atomic E-state index is 14.0. The highest BCUT2D eigenvalue weighted by Gasteiger charge is 2.24. The summed E-state index contributed by atoms with van der Waals surface area (Å²) >= 11 is 0. The molecule has 1 aliphatic rings. The minimum Gasteiger partial charge on any atom is -0.382 e. The number of nitrogens with two attached hydrogens (primary N) is 1. The van der Waals surface area contributed by atoms with Crippen molar-refractivity contribution in [1.29, 1.82) is 0 Å². The number of sulfonamides is 1. The molecule has 1 aromatic carbocycles. The number of halogens is 1. The molecule has 0 saturated carbocycles. The van der Waals surface area contributed by atoms with E-state index in [0.29, 0.717) is 18.2 Å². The van der Waals surface area contributed by atoms with Crippen molar-refractivity contribution in [2.75, 3.05) is 25.0 Å². The molecule has 0 aliphatic carbocycles. The zero-order chi connectivity index (χ0) is 16.3. The first-order valence-corrected chi connectivity index (χ1v) is 9.18. The first kappa shape index (κ1) is 17.2. The van der Waals surface area contributed by atoms with Gasteiger partial charge in [0.1, 0.15) is 10.7 Å². The van der Waals surface area contributed by atoms with Crippen LogP contribution >= 0.6 is 0 Å². The van der Waals surface area contributed by atoms with Crippen LogP contribution in [0.15, 0.2) is 17.0 Å². The van der Waals surface area contributed by atoms with Gasteiger partial charge in [-0.3, -0.25) is 4.90 Å². The molecule has 0 bridgehead atoms. The van der Waals surface area contributed by atoms with Gasteiger partial charge in [0.15, 0.2) is 0 Å². The van der Waals surface area contributed by atoms with Crippen molar-refractivity contribution in [1.82, 2.24) is 4.90 Å². The molecule has 0 spiro atoms. The molecule has 22 heavy (non-hydrogen) atoms. The molecule has 2 rings (SSSR count). The van der Waals surface area contributed by atoms with E-state index in [0.717, 1.165) is 25.9 Å². The van der Waals surface area contributed by atoms with Crippen molar-refractivity contribution in [2.45, 2.75) is 44.0 Å². The largest absolute Gasteiger partial charge is 0.382 e. The Morgan fingerprint density at radius 3 is 2.77 bits per heavy atom. The zero-order valence-electron chi connectivity index (χ0n) is 13.1. The van der Waals surface area contributed by atoms with Gasteiger partial charge in [-0.15, -0.1) is 0 Å². The summed E-state index contributed by atoms with van der Waals surface area (Å²) in [6.07, 6.45) is 3.40. The topological polar surface area (TPSA) is 75.4 Å². The van der Waals surface area contributed by atoms with Crippen LogP contribution in [-0.4, -0.2) is 39.0 Å². The number of nitrogens with one attached hydrogen (secondary N) is 1. The molecule has 1 saturated heterocycles. The Bertz CT molecular complexity index is 634. The number of nitrogens with zero attached hydrogens (tertiary/aromatic N) is 1. The number of benzene rings is 1. The quantitative estimate of drug-likeness (QED) is 0.867. The number of primary sulfonamides is 1. The van der Waals surface area contributed by atoms with Gasteiger partial charge in [-0.25, -0.2) is 17.9 Å². The number of likely N-dealkylation sites (N-methyl/N-ethyl adjacent to an activating group) is 1. The van der Waals surface area contributed by atoms with E-state index in [2.05, 4.69) is 17.1 Å². The summed E-state index contributed by atoms with van der Waals surface area (Å²) in [5.74, 6) is -0.805. The van der Waals surface area contributed by atoms with E-state index in [1.54, 1.807) is 13.0 Å². The van der Waals surface area contributed by atoms with Crippen LogP contribution in [0, 0.1) is 12.7 Å². The maximum Gasteiger partial charge on any atom is 0.243 e. The molecule has 0 aromatic heterocycles. The summed E-state index contributed by atoms with van der Waals surface area (Å²) in [6, 6.07) is 3.14. The number of piperidine rings is 1. The summed E-state index contributed by atoms with van der Waals surface area (Å²) in [5.41, 5.74) is 0.907. The van der Waals surface area contributed by atoms with Crippen LogP contribution in [0.2, 0.25) is 0 Å². The lowest BCUT2D eigenvalue weighted by Gasteiger charge is -2.35. The molecule has 1 aliphatic heterocycles. The van der Waals surface area contributed by atoms with Crippen LogP contribution in [-0.2, 0) is 10.0 Å². The van der Waals surface area contributed by atoms with Gasteiger partial charge in [-0.1, -0.05) is 13.3 Å². The number of hydrogen-bond donors (Lipinski definition) is 2. The van der Waals surface area contributed by atoms with Crippen LogP contribution in [0.25, 0.3) is 0 Å². The molecule has 5 nitrogen and oxygen atoms in total. The van der Waals surface area contributed by atoms with E-state index in [1.165, 1.54) is 12.5 Å². The van der Waals surface area contributed by atoms with Gasteiger partial charge in [-0.05, 0) is 50.6 Å². The van der Waals surface area contributed by atoms with Crippen LogP contribution in [0.5, 0.6) is 0 Å². The third-order valence-electron chi connectivity index (χ3n) is 4.16. The number of aryl methyl sites for hydroxylation is 1. The van der Waals surface area contributed by atoms with E-state index in [1.807, 2.05) is 0 Å². The highest BCUT2D eigenvalue weighted by atomic mass is 32.2. The Hall–Kier alpha value is -1.18. The predicted molar refractivity (Wildman–Crippen MR) is 85.9 cm³/mol. The molecule has 1 unspecified atom stereocenters. The summed E-state index contributed by atoms with van der Waals surface area (Å²) < 4.78 is 37.3. The predicted octanol–water partition coefficient (Wildman–Crippen LogP) is 2.07. The Morgan fingerprint density at radius 2 is 2.14 bits per heavy atom. The lowest BCUT2D eigenvalue weighted by Crippen LogP contribution is -2.43. The monoisotopic (exact) mass is 329 g/mol. The molecule has 124 valence electrons. The molecule has 1 heterocycles. The number of hydrogen-bond acceptors (Lipinski definition) is 4. The molecule has 1 atom stereocenters. The van der Waals surface area contributed by atoms with Gasteiger partial charge in [0.05, 0.1) is 5.69 Å². The molecule has 0 amide bonds. The fraction of sp³-hybridized carbons (Fsp3) is 0.600. The van der Waals surface area contributed by atoms with Gasteiger partial charge in [0.2, 0.25) is 10.0 Å². The zero-order valence-corrected chi connectivity index (χ0v) is 13.9. The van der Waals surface area contributed by atoms with E-state index < -0.39 is 20.7 Å². The molecule has 1 fully saturated rings. The van der Waals surface area contributed by atoms with Crippen LogP contribution in [0.4, 0.5) is 10.1 Å². The number of anilines is 1. The van der Waals surface area contributed by atoms with Crippen molar-refractivity contribution in [3.63, 3.8) is 0 Å². The van der Waals surface area contributed by atoms with Crippen molar-refractivity contribution < 1.29 is 12.8 Å². The second-order valence-corrected chi connectivity index (χ2v) is 7.33. The van der Waals surface area contributed by atoms with Crippen molar-refractivity contribution in [3.8, 4) is 0 Å². The first-order valence-electron chi connectivity index (χ1n) is 7.63. The summed E-state index contributed by atoms with van der Waals surface area (Å²) in [7, 11) is -4.10. The molecule has 7 heteroatoms. The molecule has 0 radical (unpaired) electrons. The van der Waals surface area contributed by atoms with Gasteiger partial charge < -0.3 is 5.32 Å². The average molecular weight is 329 g/mol. The normalized spacial score (nSPS) is 20.1. The van der Waals surface area contributed by atoms with Gasteiger partial charge in [0.25, 0.3) is 0 Å². The molecule has 3 N–H and O–H groups in total. The maximum atomic E-state index is 14.0. The van der Waals surface area contributed by atoms with E-state index in [9.17, 15) is 12.8 Å². The average Bonchev–Trinajstić information content (AvgIpc) is 2.43. The minimum absolute atomic E-state index is 0.252. The Labute approximate surface area is 131 Å². The van der Waals surface area contributed by atoms with Gasteiger partial charge in [0, 0.05) is 12.6 Å². The van der Waals surface area contributed by atoms with Gasteiger partial charge in [-0.2, -0.15) is 0 Å². The number of rotatable bonds is 5. The Morgan fingerprint density at radius 1 is 1.41 bits per heavy atom. The lowest BCUT2D eigenvalue weighted by molar-refractivity contribution is 0.164. The van der Waals surface area contributed by atoms with Gasteiger partial charge >= 0.3 is 0 Å². The van der Waals surface area contributed by atoms with Crippen LogP contribution in [0.1, 0.15) is 31.7 Å². The van der Waals surface area contributed by atoms with Crippen molar-refractivity contribution >= 4 is 15.7 Å². The van der Waals surface area contributed by atoms with E-state index in [-0.39, 0.29) is 5.69 Å². The Balaban J connectivity index is 2.22. The highest BCUT2D eigenvalue weighted by molar-refractivity contribution is 7.89. The number of likely N-dealkylation sites (tertiary alicyclic amines) is 1. The first-order chi connectivity index (χ1) is 10.3. The lowest BCUT2D eigenvalue weighted by atomic mass is 10.0. The molecular formula is C15H24FN3O2S. The van der Waals surface area contributed by atoms with Crippen molar-refractivity contribution in [2.24, 2.45) is 5.14 Å². The standard InChI is InChI=1S/C15H24FN3O2S/c1-3-19-7-5-4-6-12(19)10-18-14-9-11(2)8-13(16)15(14)22(17,20)21/h8-9,12,18H,3-7,10H2,1-2H3,(H2,17,20,21). The van der Waals surface area contributed by atoms with Crippen LogP contribution in [0.3, 0.4) is 0 Å². The minimum atomic E-state index is -4.10. The van der Waals surface area contributed by atoms with E-state index in [4.69, 9.17) is 5.14 Å². The fourth-order valence-corrected chi connectivity index (χ4v) is 3.85. The highest BCUT2D eigenvalue weighted by Crippen LogP contribution is 2.26.